The monoisotopic (exact) mass is 242 g/mol. The van der Waals surface area contributed by atoms with E-state index in [-0.39, 0.29) is 12.0 Å². The van der Waals surface area contributed by atoms with Crippen molar-refractivity contribution >= 4 is 16.9 Å². The number of aromatic nitrogens is 1. The van der Waals surface area contributed by atoms with Gasteiger partial charge in [-0.2, -0.15) is 0 Å². The van der Waals surface area contributed by atoms with Gasteiger partial charge >= 0.3 is 5.97 Å². The number of aliphatic carboxylic acids is 1. The molecule has 1 aromatic carbocycles. The van der Waals surface area contributed by atoms with Crippen LogP contribution in [-0.4, -0.2) is 22.6 Å². The largest absolute Gasteiger partial charge is 0.481 e. The van der Waals surface area contributed by atoms with Crippen molar-refractivity contribution in [3.8, 4) is 0 Å². The van der Waals surface area contributed by atoms with Gasteiger partial charge < -0.3 is 10.4 Å². The third-order valence-corrected chi connectivity index (χ3v) is 3.51. The maximum absolute atomic E-state index is 10.9. The second-order valence-electron chi connectivity index (χ2n) is 4.69. The molecule has 1 aliphatic rings. The zero-order valence-corrected chi connectivity index (χ0v) is 9.84. The fraction of sp³-hybridized carbons (Fsp3) is 0.286. The molecule has 2 atom stereocenters. The highest BCUT2D eigenvalue weighted by molar-refractivity contribution is 5.79. The Kier molecular flexibility index (Phi) is 2.72. The molecule has 0 bridgehead atoms. The van der Waals surface area contributed by atoms with Gasteiger partial charge in [0.2, 0.25) is 0 Å². The summed E-state index contributed by atoms with van der Waals surface area (Å²) in [7, 11) is 0. The summed E-state index contributed by atoms with van der Waals surface area (Å²) >= 11 is 0. The Labute approximate surface area is 105 Å². The Bertz CT molecular complexity index is 597. The van der Waals surface area contributed by atoms with E-state index in [1.165, 1.54) is 0 Å². The van der Waals surface area contributed by atoms with Gasteiger partial charge in [-0.3, -0.25) is 9.78 Å². The molecule has 0 saturated carbocycles. The van der Waals surface area contributed by atoms with Gasteiger partial charge in [0.15, 0.2) is 0 Å². The molecule has 2 aromatic rings. The van der Waals surface area contributed by atoms with Crippen LogP contribution in [0.25, 0.3) is 10.9 Å². The molecular weight excluding hydrogens is 228 g/mol. The highest BCUT2D eigenvalue weighted by Crippen LogP contribution is 2.28. The summed E-state index contributed by atoms with van der Waals surface area (Å²) in [6.45, 7) is 0.547. The van der Waals surface area contributed by atoms with E-state index in [4.69, 9.17) is 5.11 Å². The van der Waals surface area contributed by atoms with Crippen molar-refractivity contribution in [1.82, 2.24) is 10.3 Å². The average molecular weight is 242 g/mol. The summed E-state index contributed by atoms with van der Waals surface area (Å²) in [6.07, 6.45) is 2.43. The lowest BCUT2D eigenvalue weighted by Crippen LogP contribution is -2.17. The van der Waals surface area contributed by atoms with Crippen molar-refractivity contribution in [2.75, 3.05) is 6.54 Å². The second kappa shape index (κ2) is 4.38. The van der Waals surface area contributed by atoms with Crippen LogP contribution in [-0.2, 0) is 4.79 Å². The molecular formula is C14H14N2O2. The normalized spacial score (nSPS) is 23.3. The molecule has 0 aliphatic carbocycles. The van der Waals surface area contributed by atoms with Crippen LogP contribution in [0.4, 0.5) is 0 Å². The molecule has 4 nitrogen and oxygen atoms in total. The molecule has 3 rings (SSSR count). The van der Waals surface area contributed by atoms with Crippen LogP contribution in [0.5, 0.6) is 0 Å². The molecule has 1 aromatic heterocycles. The van der Waals surface area contributed by atoms with E-state index in [1.54, 1.807) is 6.20 Å². The SMILES string of the molecule is O=C(O)C1CNC(c2ccc3ncccc3c2)C1. The summed E-state index contributed by atoms with van der Waals surface area (Å²) in [4.78, 5) is 15.2. The van der Waals surface area contributed by atoms with Gasteiger partial charge in [0.05, 0.1) is 11.4 Å². The van der Waals surface area contributed by atoms with Gasteiger partial charge in [-0.05, 0) is 30.2 Å². The number of carboxylic acids is 1. The van der Waals surface area contributed by atoms with Gasteiger partial charge in [-0.15, -0.1) is 0 Å². The van der Waals surface area contributed by atoms with Gasteiger partial charge in [0.25, 0.3) is 0 Å². The van der Waals surface area contributed by atoms with Gasteiger partial charge in [-0.1, -0.05) is 12.1 Å². The topological polar surface area (TPSA) is 62.2 Å². The van der Waals surface area contributed by atoms with Gasteiger partial charge in [-0.25, -0.2) is 0 Å². The predicted octanol–water partition coefficient (Wildman–Crippen LogP) is 1.97. The third kappa shape index (κ3) is 1.95. The van der Waals surface area contributed by atoms with E-state index in [0.29, 0.717) is 13.0 Å². The summed E-state index contributed by atoms with van der Waals surface area (Å²) in [5, 5.41) is 13.4. The van der Waals surface area contributed by atoms with Crippen molar-refractivity contribution in [2.24, 2.45) is 5.92 Å². The summed E-state index contributed by atoms with van der Waals surface area (Å²) < 4.78 is 0. The van der Waals surface area contributed by atoms with E-state index in [1.807, 2.05) is 24.3 Å². The highest BCUT2D eigenvalue weighted by Gasteiger charge is 2.30. The van der Waals surface area contributed by atoms with E-state index in [0.717, 1.165) is 16.5 Å². The molecule has 0 spiro atoms. The number of carbonyl (C=O) groups is 1. The Morgan fingerprint density at radius 3 is 3.06 bits per heavy atom. The summed E-state index contributed by atoms with van der Waals surface area (Å²) in [5.41, 5.74) is 2.10. The van der Waals surface area contributed by atoms with Crippen molar-refractivity contribution in [3.05, 3.63) is 42.1 Å². The molecule has 1 saturated heterocycles. The number of carboxylic acid groups (broad SMARTS) is 1. The molecule has 1 aliphatic heterocycles. The first-order valence-electron chi connectivity index (χ1n) is 6.05. The first kappa shape index (κ1) is 11.2. The number of fused-ring (bicyclic) bond motifs is 1. The Morgan fingerprint density at radius 1 is 1.39 bits per heavy atom. The zero-order valence-electron chi connectivity index (χ0n) is 9.84. The lowest BCUT2D eigenvalue weighted by atomic mass is 9.99. The number of pyridine rings is 1. The highest BCUT2D eigenvalue weighted by atomic mass is 16.4. The summed E-state index contributed by atoms with van der Waals surface area (Å²) in [5.74, 6) is -0.993. The number of benzene rings is 1. The molecule has 18 heavy (non-hydrogen) atoms. The van der Waals surface area contributed by atoms with Crippen molar-refractivity contribution in [2.45, 2.75) is 12.5 Å². The number of hydrogen-bond acceptors (Lipinski definition) is 3. The van der Waals surface area contributed by atoms with Crippen molar-refractivity contribution in [3.63, 3.8) is 0 Å². The van der Waals surface area contributed by atoms with Crippen LogP contribution >= 0.6 is 0 Å². The smallest absolute Gasteiger partial charge is 0.307 e. The fourth-order valence-corrected chi connectivity index (χ4v) is 2.49. The molecule has 1 fully saturated rings. The van der Waals surface area contributed by atoms with E-state index in [2.05, 4.69) is 16.4 Å². The van der Waals surface area contributed by atoms with Crippen molar-refractivity contribution in [1.29, 1.82) is 0 Å². The zero-order chi connectivity index (χ0) is 12.5. The molecule has 4 heteroatoms. The van der Waals surface area contributed by atoms with Crippen LogP contribution in [0.15, 0.2) is 36.5 Å². The van der Waals surface area contributed by atoms with Crippen LogP contribution in [0.2, 0.25) is 0 Å². The molecule has 92 valence electrons. The quantitative estimate of drug-likeness (QED) is 0.845. The maximum atomic E-state index is 10.9. The standard InChI is InChI=1S/C14H14N2O2/c17-14(18)11-7-13(16-8-11)10-3-4-12-9(6-10)2-1-5-15-12/h1-6,11,13,16H,7-8H2,(H,17,18). The van der Waals surface area contributed by atoms with Crippen molar-refractivity contribution < 1.29 is 9.90 Å². The minimum Gasteiger partial charge on any atom is -0.481 e. The predicted molar refractivity (Wildman–Crippen MR) is 68.2 cm³/mol. The van der Waals surface area contributed by atoms with Gasteiger partial charge in [0.1, 0.15) is 0 Å². The van der Waals surface area contributed by atoms with Crippen LogP contribution in [0, 0.1) is 5.92 Å². The Morgan fingerprint density at radius 2 is 2.28 bits per heavy atom. The van der Waals surface area contributed by atoms with E-state index in [9.17, 15) is 4.79 Å². The Hall–Kier alpha value is -1.94. The first-order chi connectivity index (χ1) is 8.74. The maximum Gasteiger partial charge on any atom is 0.307 e. The molecule has 0 radical (unpaired) electrons. The van der Waals surface area contributed by atoms with Crippen LogP contribution < -0.4 is 5.32 Å². The van der Waals surface area contributed by atoms with Gasteiger partial charge in [0, 0.05) is 24.2 Å². The first-order valence-corrected chi connectivity index (χ1v) is 6.05. The molecule has 2 unspecified atom stereocenters. The minimum atomic E-state index is -0.715. The third-order valence-electron chi connectivity index (χ3n) is 3.51. The lowest BCUT2D eigenvalue weighted by Gasteiger charge is -2.11. The average Bonchev–Trinajstić information content (AvgIpc) is 2.88. The molecule has 0 amide bonds. The van der Waals surface area contributed by atoms with E-state index < -0.39 is 5.97 Å². The number of hydrogen-bond donors (Lipinski definition) is 2. The van der Waals surface area contributed by atoms with Crippen LogP contribution in [0.3, 0.4) is 0 Å². The summed E-state index contributed by atoms with van der Waals surface area (Å²) in [6, 6.07) is 10.2. The minimum absolute atomic E-state index is 0.135. The number of nitrogens with one attached hydrogen (secondary N) is 1. The Balaban J connectivity index is 1.89. The fourth-order valence-electron chi connectivity index (χ4n) is 2.49. The van der Waals surface area contributed by atoms with Crippen LogP contribution in [0.1, 0.15) is 18.0 Å². The molecule has 2 heterocycles. The van der Waals surface area contributed by atoms with E-state index >= 15 is 0 Å². The lowest BCUT2D eigenvalue weighted by molar-refractivity contribution is -0.141. The number of rotatable bonds is 2. The number of nitrogens with zero attached hydrogens (tertiary/aromatic N) is 1. The second-order valence-corrected chi connectivity index (χ2v) is 4.69. The molecule has 2 N–H and O–H groups in total.